The number of hydrogen-bond acceptors (Lipinski definition) is 1. The summed E-state index contributed by atoms with van der Waals surface area (Å²) in [6.45, 7) is 9.97. The largest absolute Gasteiger partial charge is 3.00 e. The molecule has 1 nitrogen and oxygen atoms in total. The van der Waals surface area contributed by atoms with E-state index in [2.05, 4.69) is 51.2 Å². The van der Waals surface area contributed by atoms with Crippen molar-refractivity contribution in [3.05, 3.63) is 51.6 Å². The first-order valence-corrected chi connectivity index (χ1v) is 7.23. The summed E-state index contributed by atoms with van der Waals surface area (Å²) in [5, 5.41) is 3.63. The Bertz CT molecular complexity index is 605. The second kappa shape index (κ2) is 8.59. The number of aryl methyl sites for hydroxylation is 2. The number of rotatable bonds is 1. The molecule has 3 rings (SSSR count). The van der Waals surface area contributed by atoms with Crippen molar-refractivity contribution in [1.82, 2.24) is 0 Å². The average molecular weight is 371 g/mol. The van der Waals surface area contributed by atoms with Crippen LogP contribution in [0, 0.1) is 13.0 Å². The molecule has 22 heavy (non-hydrogen) atoms. The molecule has 0 bridgehead atoms. The second-order valence-corrected chi connectivity index (χ2v) is 5.87. The first kappa shape index (κ1) is 21.8. The summed E-state index contributed by atoms with van der Waals surface area (Å²) in [6, 6.07) is 4.57. The molecule has 1 aromatic rings. The van der Waals surface area contributed by atoms with Gasteiger partial charge < -0.3 is 30.1 Å². The molecule has 0 saturated carbocycles. The van der Waals surface area contributed by atoms with Crippen molar-refractivity contribution in [3.8, 4) is 0 Å². The fourth-order valence-corrected chi connectivity index (χ4v) is 3.28. The topological polar surface area (TPSA) is 12.0 Å². The van der Waals surface area contributed by atoms with Crippen LogP contribution < -0.4 is 30.1 Å². The van der Waals surface area contributed by atoms with E-state index in [1.807, 2.05) is 0 Å². The fraction of sp³-hybridized carbons (Fsp3) is 0.444. The Morgan fingerprint density at radius 2 is 1.77 bits per heavy atom. The van der Waals surface area contributed by atoms with E-state index in [4.69, 9.17) is 0 Å². The Morgan fingerprint density at radius 1 is 1.09 bits per heavy atom. The molecule has 4 heteroatoms. The minimum atomic E-state index is 0. The summed E-state index contributed by atoms with van der Waals surface area (Å²) in [6.07, 6.45) is 6.11. The molecule has 0 saturated heterocycles. The van der Waals surface area contributed by atoms with Crippen LogP contribution in [-0.2, 0) is 28.1 Å². The van der Waals surface area contributed by atoms with E-state index >= 15 is 0 Å². The van der Waals surface area contributed by atoms with Gasteiger partial charge in [-0.3, -0.25) is 6.08 Å². The Morgan fingerprint density at radius 3 is 2.36 bits per heavy atom. The van der Waals surface area contributed by atoms with E-state index in [0.717, 1.165) is 6.54 Å². The maximum absolute atomic E-state index is 3.66. The van der Waals surface area contributed by atoms with Gasteiger partial charge in [0.1, 0.15) is 0 Å². The number of halogens is 2. The third-order valence-corrected chi connectivity index (χ3v) is 4.71. The molecule has 2 aliphatic rings. The quantitative estimate of drug-likeness (QED) is 0.470. The molecule has 0 aromatic heterocycles. The summed E-state index contributed by atoms with van der Waals surface area (Å²) < 4.78 is 0. The molecule has 1 aliphatic carbocycles. The molecule has 1 aliphatic heterocycles. The zero-order valence-corrected chi connectivity index (χ0v) is 16.7. The van der Waals surface area contributed by atoms with Gasteiger partial charge in [-0.15, -0.1) is 6.92 Å². The molecule has 0 fully saturated rings. The minimum Gasteiger partial charge on any atom is -1.00 e. The molecule has 1 aromatic carbocycles. The van der Waals surface area contributed by atoms with E-state index < -0.39 is 0 Å². The number of hydrogen-bond donors (Lipinski definition) is 1. The zero-order chi connectivity index (χ0) is 13.6. The molecule has 1 unspecified atom stereocenters. The van der Waals surface area contributed by atoms with Crippen LogP contribution in [-0.4, -0.2) is 6.54 Å². The predicted molar refractivity (Wildman–Crippen MR) is 81.5 cm³/mol. The second-order valence-electron chi connectivity index (χ2n) is 5.87. The fourth-order valence-electron chi connectivity index (χ4n) is 3.28. The van der Waals surface area contributed by atoms with Gasteiger partial charge in [0.2, 0.25) is 0 Å². The van der Waals surface area contributed by atoms with Gasteiger partial charge in [-0.05, 0) is 36.5 Å². The van der Waals surface area contributed by atoms with E-state index in [1.54, 1.807) is 0 Å². The van der Waals surface area contributed by atoms with Gasteiger partial charge in [0, 0.05) is 12.2 Å². The number of anilines is 1. The van der Waals surface area contributed by atoms with E-state index in [1.165, 1.54) is 51.9 Å². The first-order valence-electron chi connectivity index (χ1n) is 7.23. The summed E-state index contributed by atoms with van der Waals surface area (Å²) in [4.78, 5) is 0. The number of fused-ring (bicyclic) bond motifs is 1. The predicted octanol–water partition coefficient (Wildman–Crippen LogP) is -1.46. The number of benzene rings is 1. The van der Waals surface area contributed by atoms with Crippen molar-refractivity contribution in [2.24, 2.45) is 0 Å². The Kier molecular flexibility index (Phi) is 8.51. The zero-order valence-electron chi connectivity index (χ0n) is 13.6. The van der Waals surface area contributed by atoms with Gasteiger partial charge in [0.05, 0.1) is 0 Å². The van der Waals surface area contributed by atoms with Crippen molar-refractivity contribution in [3.63, 3.8) is 0 Å². The molecular weight excluding hydrogens is 349 g/mol. The number of nitrogens with one attached hydrogen (secondary N) is 1. The summed E-state index contributed by atoms with van der Waals surface area (Å²) >= 11 is 0. The molecular formula is C18H22Cl2NTi. The number of allylic oxidation sites excluding steroid dienone is 4. The van der Waals surface area contributed by atoms with Crippen molar-refractivity contribution >= 4 is 5.69 Å². The molecule has 0 amide bonds. The first-order chi connectivity index (χ1) is 9.09. The van der Waals surface area contributed by atoms with Crippen LogP contribution in [0.2, 0.25) is 0 Å². The van der Waals surface area contributed by atoms with Gasteiger partial charge in [-0.1, -0.05) is 31.9 Å². The third kappa shape index (κ3) is 3.65. The molecule has 117 valence electrons. The standard InChI is InChI=1S/C18H22N.2ClH.Ti/c1-11-7-8-15-6-5-9-19-18(15)17(11)16-10-12(2)13(3)14(16)4;;;/h7-8,16,19H,5-6,9H2,1-4H3;2*1H;/q-1;;;+3/p-2. The SMILES string of the molecule is CC1=[C-]C(c2c(C)ccc3c2NCCC3)C(C)=C1C.[Cl-].[Cl-].[Ti+3]. The van der Waals surface area contributed by atoms with Crippen LogP contribution in [0.4, 0.5) is 5.69 Å². The van der Waals surface area contributed by atoms with Crippen LogP contribution in [0.15, 0.2) is 28.9 Å². The van der Waals surface area contributed by atoms with Gasteiger partial charge in [0.25, 0.3) is 0 Å². The summed E-state index contributed by atoms with van der Waals surface area (Å²) in [7, 11) is 0. The summed E-state index contributed by atoms with van der Waals surface area (Å²) in [5.74, 6) is 0.348. The third-order valence-electron chi connectivity index (χ3n) is 4.71. The molecule has 1 radical (unpaired) electrons. The average Bonchev–Trinajstić information content (AvgIpc) is 2.66. The molecule has 1 atom stereocenters. The van der Waals surface area contributed by atoms with Gasteiger partial charge >= 0.3 is 21.7 Å². The van der Waals surface area contributed by atoms with Crippen LogP contribution >= 0.6 is 0 Å². The van der Waals surface area contributed by atoms with Crippen molar-refractivity contribution in [2.45, 2.75) is 46.5 Å². The van der Waals surface area contributed by atoms with Crippen molar-refractivity contribution in [1.29, 1.82) is 0 Å². The maximum Gasteiger partial charge on any atom is 3.00 e. The van der Waals surface area contributed by atoms with Gasteiger partial charge in [-0.25, -0.2) is 5.57 Å². The minimum absolute atomic E-state index is 0. The molecule has 1 heterocycles. The van der Waals surface area contributed by atoms with E-state index in [9.17, 15) is 0 Å². The molecule has 1 N–H and O–H groups in total. The summed E-state index contributed by atoms with van der Waals surface area (Å²) in [5.41, 5.74) is 9.88. The van der Waals surface area contributed by atoms with E-state index in [0.29, 0.717) is 5.92 Å². The van der Waals surface area contributed by atoms with Crippen molar-refractivity contribution in [2.75, 3.05) is 11.9 Å². The Labute approximate surface area is 161 Å². The Balaban J connectivity index is 0.00000147. The smallest absolute Gasteiger partial charge is 1.00 e. The van der Waals surface area contributed by atoms with Gasteiger partial charge in [-0.2, -0.15) is 11.1 Å². The molecule has 0 spiro atoms. The maximum atomic E-state index is 3.66. The monoisotopic (exact) mass is 370 g/mol. The van der Waals surface area contributed by atoms with Gasteiger partial charge in [0.15, 0.2) is 0 Å². The van der Waals surface area contributed by atoms with Crippen LogP contribution in [0.1, 0.15) is 49.8 Å². The van der Waals surface area contributed by atoms with E-state index in [-0.39, 0.29) is 46.5 Å². The van der Waals surface area contributed by atoms with Crippen molar-refractivity contribution < 1.29 is 46.5 Å². The van der Waals surface area contributed by atoms with Crippen LogP contribution in [0.25, 0.3) is 0 Å². The van der Waals surface area contributed by atoms with Crippen LogP contribution in [0.5, 0.6) is 0 Å². The Hall–Kier alpha value is -0.206. The normalized spacial score (nSPS) is 19.1. The van der Waals surface area contributed by atoms with Crippen LogP contribution in [0.3, 0.4) is 0 Å².